The van der Waals surface area contributed by atoms with Crippen LogP contribution in [-0.2, 0) is 0 Å². The fraction of sp³-hybridized carbons (Fsp3) is 0.917. The molecule has 5 heteroatoms. The first-order valence-electron chi connectivity index (χ1n) is 6.12. The molecule has 0 fully saturated rings. The number of nitrogens with two attached hydrogens (primary N) is 3. The summed E-state index contributed by atoms with van der Waals surface area (Å²) in [5.41, 5.74) is 13.5. The second-order valence-corrected chi connectivity index (χ2v) is 3.93. The standard InChI is InChI=1S/C9H17BrCl.3CH5N/c1-2-3-4-5-6-7-9(11)8-10;3*1-2/h8-9H,2-7H2,1H3;3*2H2,1H3. The van der Waals surface area contributed by atoms with Crippen molar-refractivity contribution in [2.45, 2.75) is 50.8 Å². The lowest BCUT2D eigenvalue weighted by molar-refractivity contribution is 0.612. The zero-order valence-corrected chi connectivity index (χ0v) is 14.2. The Morgan fingerprint density at radius 3 is 1.71 bits per heavy atom. The van der Waals surface area contributed by atoms with Crippen LogP contribution in [0.5, 0.6) is 0 Å². The predicted molar refractivity (Wildman–Crippen MR) is 86.6 cm³/mol. The van der Waals surface area contributed by atoms with Gasteiger partial charge in [0, 0.05) is 10.7 Å². The van der Waals surface area contributed by atoms with E-state index in [1.807, 2.05) is 5.33 Å². The Morgan fingerprint density at radius 1 is 0.941 bits per heavy atom. The molecular formula is C12H32BrClN3. The van der Waals surface area contributed by atoms with E-state index < -0.39 is 0 Å². The van der Waals surface area contributed by atoms with Crippen molar-refractivity contribution in [1.82, 2.24) is 0 Å². The lowest BCUT2D eigenvalue weighted by atomic mass is 10.1. The summed E-state index contributed by atoms with van der Waals surface area (Å²) in [7, 11) is 4.50. The van der Waals surface area contributed by atoms with E-state index in [1.54, 1.807) is 0 Å². The van der Waals surface area contributed by atoms with Crippen molar-refractivity contribution in [3.05, 3.63) is 5.33 Å². The zero-order valence-electron chi connectivity index (χ0n) is 11.9. The summed E-state index contributed by atoms with van der Waals surface area (Å²) in [4.78, 5) is 0. The summed E-state index contributed by atoms with van der Waals surface area (Å²) in [6.07, 6.45) is 7.74. The van der Waals surface area contributed by atoms with Gasteiger partial charge in [0.25, 0.3) is 0 Å². The number of hydrogen-bond acceptors (Lipinski definition) is 3. The molecule has 0 rings (SSSR count). The van der Waals surface area contributed by atoms with Crippen LogP contribution in [0.4, 0.5) is 0 Å². The SMILES string of the molecule is CCCCCCCC(Cl)[CH]Br.CN.CN.CN. The third-order valence-electron chi connectivity index (χ3n) is 1.72. The highest BCUT2D eigenvalue weighted by molar-refractivity contribution is 9.10. The van der Waals surface area contributed by atoms with Gasteiger partial charge in [0.05, 0.1) is 0 Å². The largest absolute Gasteiger partial charge is 0.333 e. The molecule has 1 radical (unpaired) electrons. The van der Waals surface area contributed by atoms with Gasteiger partial charge >= 0.3 is 0 Å². The van der Waals surface area contributed by atoms with E-state index in [4.69, 9.17) is 11.6 Å². The van der Waals surface area contributed by atoms with E-state index in [-0.39, 0.29) is 5.38 Å². The molecule has 17 heavy (non-hydrogen) atoms. The van der Waals surface area contributed by atoms with Gasteiger partial charge in [-0.15, -0.1) is 11.6 Å². The summed E-state index contributed by atoms with van der Waals surface area (Å²) in [6.45, 7) is 2.23. The Labute approximate surface area is 122 Å². The summed E-state index contributed by atoms with van der Waals surface area (Å²) in [5.74, 6) is 0. The normalized spacial score (nSPS) is 9.71. The van der Waals surface area contributed by atoms with Crippen molar-refractivity contribution >= 4 is 27.5 Å². The first kappa shape index (κ1) is 26.3. The minimum Gasteiger partial charge on any atom is -0.333 e. The Bertz CT molecular complexity index is 88.2. The van der Waals surface area contributed by atoms with Crippen LogP contribution >= 0.6 is 27.5 Å². The van der Waals surface area contributed by atoms with Crippen LogP contribution in [0.3, 0.4) is 0 Å². The van der Waals surface area contributed by atoms with E-state index in [0.29, 0.717) is 0 Å². The Kier molecular flexibility index (Phi) is 55.5. The minimum absolute atomic E-state index is 0.219. The number of rotatable bonds is 7. The van der Waals surface area contributed by atoms with Crippen LogP contribution in [0, 0.1) is 5.33 Å². The molecule has 0 aromatic heterocycles. The van der Waals surface area contributed by atoms with E-state index in [9.17, 15) is 0 Å². The molecule has 0 saturated carbocycles. The molecule has 0 aliphatic carbocycles. The van der Waals surface area contributed by atoms with Crippen LogP contribution in [0.25, 0.3) is 0 Å². The molecule has 0 heterocycles. The van der Waals surface area contributed by atoms with E-state index >= 15 is 0 Å². The summed E-state index contributed by atoms with van der Waals surface area (Å²) >= 11 is 9.12. The topological polar surface area (TPSA) is 78.1 Å². The van der Waals surface area contributed by atoms with Gasteiger partial charge < -0.3 is 17.2 Å². The first-order valence-corrected chi connectivity index (χ1v) is 7.47. The van der Waals surface area contributed by atoms with Crippen LogP contribution in [-0.4, -0.2) is 26.5 Å². The first-order chi connectivity index (χ1) is 8.31. The van der Waals surface area contributed by atoms with Gasteiger partial charge in [-0.2, -0.15) is 0 Å². The monoisotopic (exact) mass is 332 g/mol. The summed E-state index contributed by atoms with van der Waals surface area (Å²) in [6, 6.07) is 0. The highest BCUT2D eigenvalue weighted by Crippen LogP contribution is 2.15. The molecule has 3 nitrogen and oxygen atoms in total. The van der Waals surface area contributed by atoms with Gasteiger partial charge in [0.1, 0.15) is 0 Å². The van der Waals surface area contributed by atoms with Crippen molar-refractivity contribution in [1.29, 1.82) is 0 Å². The van der Waals surface area contributed by atoms with Gasteiger partial charge in [-0.3, -0.25) is 0 Å². The average molecular weight is 334 g/mol. The predicted octanol–water partition coefficient (Wildman–Crippen LogP) is 3.24. The fourth-order valence-corrected chi connectivity index (χ4v) is 1.42. The third-order valence-corrected chi connectivity index (χ3v) is 3.01. The summed E-state index contributed by atoms with van der Waals surface area (Å²) in [5, 5.41) is 2.10. The maximum atomic E-state index is 5.88. The molecule has 0 spiro atoms. The molecule has 6 N–H and O–H groups in total. The number of alkyl halides is 1. The number of halogens is 2. The molecule has 1 unspecified atom stereocenters. The fourth-order valence-electron chi connectivity index (χ4n) is 1.01. The Morgan fingerprint density at radius 2 is 1.35 bits per heavy atom. The van der Waals surface area contributed by atoms with Crippen LogP contribution in [0.15, 0.2) is 0 Å². The quantitative estimate of drug-likeness (QED) is 0.494. The molecule has 0 aliphatic rings. The van der Waals surface area contributed by atoms with Gasteiger partial charge in [-0.05, 0) is 27.6 Å². The lowest BCUT2D eigenvalue weighted by Crippen LogP contribution is -1.94. The zero-order chi connectivity index (χ0) is 14.5. The molecule has 0 aliphatic heterocycles. The summed E-state index contributed by atoms with van der Waals surface area (Å²) < 4.78 is 0. The van der Waals surface area contributed by atoms with Crippen molar-refractivity contribution in [3.8, 4) is 0 Å². The Balaban J connectivity index is -0.000000121. The molecule has 0 amide bonds. The average Bonchev–Trinajstić information content (AvgIpc) is 2.45. The highest BCUT2D eigenvalue weighted by atomic mass is 79.9. The van der Waals surface area contributed by atoms with Crippen LogP contribution in [0.2, 0.25) is 0 Å². The molecule has 1 atom stereocenters. The van der Waals surface area contributed by atoms with Gasteiger partial charge in [-0.1, -0.05) is 55.0 Å². The van der Waals surface area contributed by atoms with Crippen molar-refractivity contribution in [2.75, 3.05) is 21.1 Å². The van der Waals surface area contributed by atoms with E-state index in [0.717, 1.165) is 6.42 Å². The van der Waals surface area contributed by atoms with Gasteiger partial charge in [0.15, 0.2) is 0 Å². The third kappa shape index (κ3) is 38.4. The van der Waals surface area contributed by atoms with Crippen molar-refractivity contribution < 1.29 is 0 Å². The molecule has 0 bridgehead atoms. The second-order valence-electron chi connectivity index (χ2n) is 2.84. The molecular weight excluding hydrogens is 302 g/mol. The van der Waals surface area contributed by atoms with Gasteiger partial charge in [-0.25, -0.2) is 0 Å². The van der Waals surface area contributed by atoms with Crippen molar-refractivity contribution in [2.24, 2.45) is 17.2 Å². The van der Waals surface area contributed by atoms with Crippen LogP contribution < -0.4 is 17.2 Å². The molecule has 109 valence electrons. The molecule has 0 saturated heterocycles. The van der Waals surface area contributed by atoms with Crippen molar-refractivity contribution in [3.63, 3.8) is 0 Å². The molecule has 0 aromatic rings. The maximum Gasteiger partial charge on any atom is 0.0472 e. The smallest absolute Gasteiger partial charge is 0.0472 e. The minimum atomic E-state index is 0.219. The van der Waals surface area contributed by atoms with Crippen LogP contribution in [0.1, 0.15) is 45.4 Å². The number of hydrogen-bond donors (Lipinski definition) is 3. The maximum absolute atomic E-state index is 5.88. The van der Waals surface area contributed by atoms with E-state index in [1.165, 1.54) is 53.2 Å². The number of unbranched alkanes of at least 4 members (excludes halogenated alkanes) is 4. The van der Waals surface area contributed by atoms with Gasteiger partial charge in [0.2, 0.25) is 0 Å². The lowest BCUT2D eigenvalue weighted by Gasteiger charge is -2.03. The molecule has 0 aromatic carbocycles. The second kappa shape index (κ2) is 36.0. The van der Waals surface area contributed by atoms with E-state index in [2.05, 4.69) is 40.1 Å². The highest BCUT2D eigenvalue weighted by Gasteiger charge is 2.00. The Hall–Kier alpha value is 0.650.